The molecule has 0 aromatic heterocycles. The van der Waals surface area contributed by atoms with E-state index in [1.165, 1.54) is 6.07 Å². The summed E-state index contributed by atoms with van der Waals surface area (Å²) >= 11 is 3.19. The van der Waals surface area contributed by atoms with Gasteiger partial charge in [0.05, 0.1) is 17.7 Å². The van der Waals surface area contributed by atoms with Crippen molar-refractivity contribution in [3.05, 3.63) is 28.2 Å². The number of nitrogens with two attached hydrogens (primary N) is 1. The van der Waals surface area contributed by atoms with Crippen LogP contribution in [-0.2, 0) is 10.9 Å². The highest BCUT2D eigenvalue weighted by atomic mass is 79.9. The van der Waals surface area contributed by atoms with Crippen LogP contribution in [0.25, 0.3) is 0 Å². The first-order valence-corrected chi connectivity index (χ1v) is 7.67. The lowest BCUT2D eigenvalue weighted by Gasteiger charge is -2.52. The van der Waals surface area contributed by atoms with E-state index in [4.69, 9.17) is 10.5 Å². The highest BCUT2D eigenvalue weighted by molar-refractivity contribution is 9.10. The molecule has 0 radical (unpaired) electrons. The zero-order valence-electron chi connectivity index (χ0n) is 11.2. The summed E-state index contributed by atoms with van der Waals surface area (Å²) in [5.74, 6) is 0.351. The fourth-order valence-electron chi connectivity index (χ4n) is 3.11. The van der Waals surface area contributed by atoms with Gasteiger partial charge in [0.25, 0.3) is 0 Å². The number of nitrogens with one attached hydrogen (secondary N) is 1. The van der Waals surface area contributed by atoms with E-state index >= 15 is 0 Å². The number of halogens is 4. The first kappa shape index (κ1) is 15.1. The molecule has 2 fully saturated rings. The predicted molar refractivity (Wildman–Crippen MR) is 77.0 cm³/mol. The number of anilines is 1. The highest BCUT2D eigenvalue weighted by Crippen LogP contribution is 2.40. The summed E-state index contributed by atoms with van der Waals surface area (Å²) in [6.45, 7) is 0.722. The Morgan fingerprint density at radius 3 is 2.76 bits per heavy atom. The maximum Gasteiger partial charge on any atom is 0.416 e. The molecule has 1 aliphatic carbocycles. The minimum Gasteiger partial charge on any atom is -0.377 e. The van der Waals surface area contributed by atoms with Crippen molar-refractivity contribution in [2.24, 2.45) is 11.7 Å². The molecule has 116 valence electrons. The molecule has 0 bridgehead atoms. The fourth-order valence-corrected chi connectivity index (χ4v) is 3.61. The van der Waals surface area contributed by atoms with Crippen LogP contribution in [0.3, 0.4) is 0 Å². The highest BCUT2D eigenvalue weighted by Gasteiger charge is 2.50. The third-order valence-corrected chi connectivity index (χ3v) is 4.95. The smallest absolute Gasteiger partial charge is 0.377 e. The van der Waals surface area contributed by atoms with E-state index < -0.39 is 11.7 Å². The second-order valence-corrected chi connectivity index (χ2v) is 6.44. The predicted octanol–water partition coefficient (Wildman–Crippen LogP) is 3.38. The molecule has 0 amide bonds. The molecule has 4 atom stereocenters. The average molecular weight is 365 g/mol. The molecular formula is C14H16BrF3N2O. The summed E-state index contributed by atoms with van der Waals surface area (Å²) in [4.78, 5) is 0. The van der Waals surface area contributed by atoms with Crippen molar-refractivity contribution in [2.75, 3.05) is 11.9 Å². The van der Waals surface area contributed by atoms with Crippen LogP contribution in [0.2, 0.25) is 0 Å². The van der Waals surface area contributed by atoms with Crippen LogP contribution in [0.4, 0.5) is 18.9 Å². The van der Waals surface area contributed by atoms with E-state index in [2.05, 4.69) is 21.2 Å². The number of fused-ring (bicyclic) bond motifs is 1. The quantitative estimate of drug-likeness (QED) is 0.845. The van der Waals surface area contributed by atoms with Gasteiger partial charge in [-0.15, -0.1) is 0 Å². The second-order valence-electron chi connectivity index (χ2n) is 5.58. The standard InChI is InChI=1S/C14H16BrF3N2O/c15-9-6-7(14(16,17)18)3-4-10(9)20-12-11(19)8-2-1-5-21-13(8)12/h3-4,6,8,11-13,20H,1-2,5,19H2. The molecule has 1 saturated carbocycles. The monoisotopic (exact) mass is 364 g/mol. The average Bonchev–Trinajstić information content (AvgIpc) is 2.44. The SMILES string of the molecule is NC1C2CCCOC2C1Nc1ccc(C(F)(F)F)cc1Br. The molecule has 3 N–H and O–H groups in total. The van der Waals surface area contributed by atoms with Crippen LogP contribution in [0.5, 0.6) is 0 Å². The molecule has 1 saturated heterocycles. The molecule has 1 aromatic rings. The van der Waals surface area contributed by atoms with Gasteiger partial charge in [-0.3, -0.25) is 0 Å². The maximum atomic E-state index is 12.6. The van der Waals surface area contributed by atoms with Gasteiger partial charge in [0.2, 0.25) is 0 Å². The van der Waals surface area contributed by atoms with Crippen molar-refractivity contribution >= 4 is 21.6 Å². The van der Waals surface area contributed by atoms with Crippen LogP contribution in [0.15, 0.2) is 22.7 Å². The van der Waals surface area contributed by atoms with Gasteiger partial charge in [-0.1, -0.05) is 0 Å². The third-order valence-electron chi connectivity index (χ3n) is 4.30. The summed E-state index contributed by atoms with van der Waals surface area (Å²) in [5.41, 5.74) is 6.07. The summed E-state index contributed by atoms with van der Waals surface area (Å²) < 4.78 is 44.0. The van der Waals surface area contributed by atoms with Gasteiger partial charge < -0.3 is 15.8 Å². The van der Waals surface area contributed by atoms with Crippen LogP contribution < -0.4 is 11.1 Å². The topological polar surface area (TPSA) is 47.3 Å². The van der Waals surface area contributed by atoms with Crippen molar-refractivity contribution in [1.29, 1.82) is 0 Å². The van der Waals surface area contributed by atoms with Gasteiger partial charge in [-0.2, -0.15) is 13.2 Å². The van der Waals surface area contributed by atoms with E-state index in [1.54, 1.807) is 0 Å². The lowest BCUT2D eigenvalue weighted by molar-refractivity contribution is -0.137. The molecule has 1 aromatic carbocycles. The lowest BCUT2D eigenvalue weighted by Crippen LogP contribution is -2.69. The van der Waals surface area contributed by atoms with Gasteiger partial charge >= 0.3 is 6.18 Å². The van der Waals surface area contributed by atoms with Crippen LogP contribution in [0.1, 0.15) is 18.4 Å². The van der Waals surface area contributed by atoms with E-state index in [0.29, 0.717) is 16.1 Å². The molecular weight excluding hydrogens is 349 g/mol. The molecule has 0 spiro atoms. The Balaban J connectivity index is 1.74. The molecule has 1 heterocycles. The molecule has 21 heavy (non-hydrogen) atoms. The Hall–Kier alpha value is -0.790. The number of rotatable bonds is 2. The molecule has 2 aliphatic rings. The number of benzene rings is 1. The molecule has 3 nitrogen and oxygen atoms in total. The van der Waals surface area contributed by atoms with Crippen LogP contribution >= 0.6 is 15.9 Å². The molecule has 7 heteroatoms. The van der Waals surface area contributed by atoms with Crippen molar-refractivity contribution < 1.29 is 17.9 Å². The van der Waals surface area contributed by atoms with E-state index in [1.807, 2.05) is 0 Å². The van der Waals surface area contributed by atoms with Crippen molar-refractivity contribution in [3.8, 4) is 0 Å². The zero-order valence-corrected chi connectivity index (χ0v) is 12.7. The first-order valence-electron chi connectivity index (χ1n) is 6.88. The van der Waals surface area contributed by atoms with Gasteiger partial charge in [0.1, 0.15) is 0 Å². The fraction of sp³-hybridized carbons (Fsp3) is 0.571. The molecule has 1 aliphatic heterocycles. The number of ether oxygens (including phenoxy) is 1. The van der Waals surface area contributed by atoms with Crippen LogP contribution in [-0.4, -0.2) is 24.8 Å². The van der Waals surface area contributed by atoms with Crippen LogP contribution in [0, 0.1) is 5.92 Å². The summed E-state index contributed by atoms with van der Waals surface area (Å²) in [6.07, 6.45) is -2.21. The second kappa shape index (κ2) is 5.44. The molecule has 4 unspecified atom stereocenters. The minimum atomic E-state index is -4.34. The number of hydrogen-bond donors (Lipinski definition) is 2. The Morgan fingerprint density at radius 1 is 1.33 bits per heavy atom. The maximum absolute atomic E-state index is 12.6. The van der Waals surface area contributed by atoms with Gasteiger partial charge in [-0.05, 0) is 47.0 Å². The van der Waals surface area contributed by atoms with E-state index in [0.717, 1.165) is 31.6 Å². The lowest BCUT2D eigenvalue weighted by atomic mass is 9.68. The largest absolute Gasteiger partial charge is 0.416 e. The van der Waals surface area contributed by atoms with Gasteiger partial charge in [-0.25, -0.2) is 0 Å². The van der Waals surface area contributed by atoms with Crippen molar-refractivity contribution in [3.63, 3.8) is 0 Å². The Labute approximate surface area is 129 Å². The summed E-state index contributed by atoms with van der Waals surface area (Å²) in [6, 6.07) is 3.49. The number of alkyl halides is 3. The zero-order chi connectivity index (χ0) is 15.2. The Morgan fingerprint density at radius 2 is 2.10 bits per heavy atom. The Bertz CT molecular complexity index is 537. The van der Waals surface area contributed by atoms with E-state index in [-0.39, 0.29) is 18.2 Å². The molecule has 3 rings (SSSR count). The minimum absolute atomic E-state index is 0.0236. The Kier molecular flexibility index (Phi) is 3.92. The normalized spacial score (nSPS) is 32.2. The summed E-state index contributed by atoms with van der Waals surface area (Å²) in [7, 11) is 0. The number of hydrogen-bond acceptors (Lipinski definition) is 3. The van der Waals surface area contributed by atoms with Gasteiger partial charge in [0.15, 0.2) is 0 Å². The van der Waals surface area contributed by atoms with E-state index in [9.17, 15) is 13.2 Å². The first-order chi connectivity index (χ1) is 9.88. The van der Waals surface area contributed by atoms with Crippen molar-refractivity contribution in [2.45, 2.75) is 37.2 Å². The van der Waals surface area contributed by atoms with Crippen molar-refractivity contribution in [1.82, 2.24) is 0 Å². The summed E-state index contributed by atoms with van der Waals surface area (Å²) in [5, 5.41) is 3.21. The van der Waals surface area contributed by atoms with Gasteiger partial charge in [0, 0.05) is 28.7 Å². The third kappa shape index (κ3) is 2.78.